The molecule has 0 bridgehead atoms. The number of hydrogen-bond acceptors (Lipinski definition) is 15. The van der Waals surface area contributed by atoms with Gasteiger partial charge in [0.2, 0.25) is 0 Å². The number of unbranched alkanes of at least 4 members (excludes halogenated alkanes) is 40. The maximum Gasteiger partial charge on any atom is 0.472 e. The van der Waals surface area contributed by atoms with Gasteiger partial charge in [0, 0.05) is 25.7 Å². The number of rotatable bonds is 75. The summed E-state index contributed by atoms with van der Waals surface area (Å²) in [6, 6.07) is 0. The highest BCUT2D eigenvalue weighted by Crippen LogP contribution is 2.45. The SMILES string of the molecule is CCC(C)CCCCCCCCCCCCC(=O)O[C@H](COC(=O)CCCCCCCCCCCC(C)C)COP(=O)(O)OC[C@H](O)COP(=O)(O)OC[C@@H](COC(=O)CCCCCCCCCCCCCC(C)C)OC(=O)CCCCCCCCCCCCCCCCC(C)C. The molecule has 0 heterocycles. The van der Waals surface area contributed by atoms with E-state index in [0.29, 0.717) is 25.7 Å². The zero-order chi connectivity index (χ0) is 71.7. The third kappa shape index (κ3) is 70.9. The molecule has 17 nitrogen and oxygen atoms in total. The Bertz CT molecular complexity index is 1900. The Kier molecular flexibility index (Phi) is 65.9. The van der Waals surface area contributed by atoms with Crippen molar-refractivity contribution < 1.29 is 80.2 Å². The van der Waals surface area contributed by atoms with Crippen LogP contribution >= 0.6 is 15.6 Å². The fraction of sp³-hybridized carbons (Fsp3) is 0.949. The second-order valence-corrected chi connectivity index (χ2v) is 32.7. The predicted octanol–water partition coefficient (Wildman–Crippen LogP) is 22.8. The molecule has 0 aromatic carbocycles. The summed E-state index contributed by atoms with van der Waals surface area (Å²) in [6.45, 7) is 14.3. The molecule has 0 saturated carbocycles. The van der Waals surface area contributed by atoms with Crippen LogP contribution in [0.15, 0.2) is 0 Å². The van der Waals surface area contributed by atoms with Gasteiger partial charge in [-0.15, -0.1) is 0 Å². The monoisotopic (exact) mass is 1420 g/mol. The van der Waals surface area contributed by atoms with E-state index >= 15 is 0 Å². The Morgan fingerprint density at radius 1 is 0.289 bits per heavy atom. The highest BCUT2D eigenvalue weighted by Gasteiger charge is 2.30. The summed E-state index contributed by atoms with van der Waals surface area (Å²) < 4.78 is 68.6. The van der Waals surface area contributed by atoms with Gasteiger partial charge in [-0.05, 0) is 49.4 Å². The Hall–Kier alpha value is -1.94. The van der Waals surface area contributed by atoms with Gasteiger partial charge in [-0.25, -0.2) is 9.13 Å². The lowest BCUT2D eigenvalue weighted by Gasteiger charge is -2.21. The van der Waals surface area contributed by atoms with Crippen molar-refractivity contribution in [1.29, 1.82) is 0 Å². The van der Waals surface area contributed by atoms with E-state index in [2.05, 4.69) is 55.4 Å². The molecule has 0 aromatic heterocycles. The van der Waals surface area contributed by atoms with E-state index < -0.39 is 97.5 Å². The molecule has 0 aromatic rings. The van der Waals surface area contributed by atoms with Gasteiger partial charge in [-0.1, -0.05) is 344 Å². The standard InChI is InChI=1S/C78H152O17P2/c1-9-71(8)57-49-41-33-25-19-20-28-37-45-53-61-78(83)95-74(65-89-76(81)59-51-43-35-29-21-24-32-40-48-56-70(6)7)67-93-97(86,87)91-63-72(79)62-90-96(84,85)92-66-73(64-88-75(80)58-50-42-34-26-18-14-16-23-31-39-47-55-69(4)5)94-77(82)60-52-44-36-27-17-13-11-10-12-15-22-30-38-46-54-68(2)3/h68-74,79H,9-67H2,1-8H3,(H,84,85)(H,86,87)/t71?,72-,73-,74-/m1/s1. The summed E-state index contributed by atoms with van der Waals surface area (Å²) in [5, 5.41) is 10.6. The molecule has 0 saturated heterocycles. The molecule has 3 unspecified atom stereocenters. The Labute approximate surface area is 594 Å². The van der Waals surface area contributed by atoms with Gasteiger partial charge < -0.3 is 33.8 Å². The fourth-order valence-electron chi connectivity index (χ4n) is 11.9. The van der Waals surface area contributed by atoms with Gasteiger partial charge in [0.25, 0.3) is 0 Å². The van der Waals surface area contributed by atoms with Gasteiger partial charge in [-0.2, -0.15) is 0 Å². The number of phosphoric acid groups is 2. The molecule has 0 aliphatic rings. The number of phosphoric ester groups is 2. The molecule has 97 heavy (non-hydrogen) atoms. The van der Waals surface area contributed by atoms with E-state index in [1.54, 1.807) is 0 Å². The van der Waals surface area contributed by atoms with Crippen LogP contribution in [0, 0.1) is 23.7 Å². The molecule has 0 amide bonds. The Morgan fingerprint density at radius 3 is 0.732 bits per heavy atom. The average Bonchev–Trinajstić information content (AvgIpc) is 1.18. The second kappa shape index (κ2) is 67.2. The molecule has 0 aliphatic heterocycles. The molecule has 0 spiro atoms. The van der Waals surface area contributed by atoms with Gasteiger partial charge in [0.05, 0.1) is 26.4 Å². The molecule has 576 valence electrons. The molecule has 0 fully saturated rings. The van der Waals surface area contributed by atoms with Crippen LogP contribution in [0.4, 0.5) is 0 Å². The highest BCUT2D eigenvalue weighted by atomic mass is 31.2. The van der Waals surface area contributed by atoms with Crippen molar-refractivity contribution in [3.8, 4) is 0 Å². The quantitative estimate of drug-likeness (QED) is 0.0222. The van der Waals surface area contributed by atoms with Crippen molar-refractivity contribution in [1.82, 2.24) is 0 Å². The van der Waals surface area contributed by atoms with Crippen molar-refractivity contribution in [2.45, 2.75) is 414 Å². The molecular formula is C78H152O17P2. The molecule has 0 radical (unpaired) electrons. The molecule has 3 N–H and O–H groups in total. The van der Waals surface area contributed by atoms with E-state index in [0.717, 1.165) is 114 Å². The minimum absolute atomic E-state index is 0.106. The van der Waals surface area contributed by atoms with Gasteiger partial charge in [0.15, 0.2) is 12.2 Å². The third-order valence-corrected chi connectivity index (χ3v) is 20.3. The smallest absolute Gasteiger partial charge is 0.462 e. The number of carbonyl (C=O) groups excluding carboxylic acids is 4. The first-order valence-corrected chi connectivity index (χ1v) is 43.2. The molecule has 0 aliphatic carbocycles. The molecule has 19 heteroatoms. The summed E-state index contributed by atoms with van der Waals surface area (Å²) in [7, 11) is -9.92. The zero-order valence-corrected chi connectivity index (χ0v) is 65.5. The number of ether oxygens (including phenoxy) is 4. The summed E-state index contributed by atoms with van der Waals surface area (Å²) in [4.78, 5) is 72.9. The van der Waals surface area contributed by atoms with E-state index in [1.165, 1.54) is 199 Å². The first kappa shape index (κ1) is 95.1. The van der Waals surface area contributed by atoms with Crippen molar-refractivity contribution in [3.63, 3.8) is 0 Å². The number of hydrogen-bond donors (Lipinski definition) is 3. The summed E-state index contributed by atoms with van der Waals surface area (Å²) >= 11 is 0. The van der Waals surface area contributed by atoms with Crippen molar-refractivity contribution in [2.75, 3.05) is 39.6 Å². The van der Waals surface area contributed by atoms with Crippen LogP contribution in [0.2, 0.25) is 0 Å². The molecular weight excluding hydrogens is 1270 g/mol. The largest absolute Gasteiger partial charge is 0.472 e. The van der Waals surface area contributed by atoms with Crippen LogP contribution < -0.4 is 0 Å². The number of aliphatic hydroxyl groups excluding tert-OH is 1. The molecule has 0 rings (SSSR count). The normalized spacial score (nSPS) is 14.4. The van der Waals surface area contributed by atoms with E-state index in [1.807, 2.05) is 0 Å². The predicted molar refractivity (Wildman–Crippen MR) is 395 cm³/mol. The van der Waals surface area contributed by atoms with Crippen LogP contribution in [0.5, 0.6) is 0 Å². The van der Waals surface area contributed by atoms with Gasteiger partial charge >= 0.3 is 39.5 Å². The first-order valence-electron chi connectivity index (χ1n) is 40.2. The number of esters is 4. The minimum Gasteiger partial charge on any atom is -0.462 e. The Morgan fingerprint density at radius 2 is 0.495 bits per heavy atom. The highest BCUT2D eigenvalue weighted by molar-refractivity contribution is 7.47. The second-order valence-electron chi connectivity index (χ2n) is 29.8. The number of carbonyl (C=O) groups is 4. The van der Waals surface area contributed by atoms with Crippen molar-refractivity contribution in [2.24, 2.45) is 23.7 Å². The topological polar surface area (TPSA) is 237 Å². The zero-order valence-electron chi connectivity index (χ0n) is 63.7. The maximum absolute atomic E-state index is 13.1. The summed E-state index contributed by atoms with van der Waals surface area (Å²) in [5.74, 6) is 0.996. The average molecular weight is 1420 g/mol. The van der Waals surface area contributed by atoms with Crippen LogP contribution in [0.1, 0.15) is 396 Å². The lowest BCUT2D eigenvalue weighted by atomic mass is 9.99. The molecule has 6 atom stereocenters. The van der Waals surface area contributed by atoms with Crippen molar-refractivity contribution >= 4 is 39.5 Å². The van der Waals surface area contributed by atoms with E-state index in [9.17, 15) is 43.2 Å². The van der Waals surface area contributed by atoms with Gasteiger partial charge in [-0.3, -0.25) is 37.3 Å². The van der Waals surface area contributed by atoms with E-state index in [-0.39, 0.29) is 25.7 Å². The number of aliphatic hydroxyl groups is 1. The van der Waals surface area contributed by atoms with Crippen LogP contribution in [-0.4, -0.2) is 96.7 Å². The summed E-state index contributed by atoms with van der Waals surface area (Å²) in [6.07, 6.45) is 52.6. The lowest BCUT2D eigenvalue weighted by molar-refractivity contribution is -0.161. The Balaban J connectivity index is 5.28. The van der Waals surface area contributed by atoms with Crippen LogP contribution in [0.3, 0.4) is 0 Å². The fourth-order valence-corrected chi connectivity index (χ4v) is 13.5. The van der Waals surface area contributed by atoms with Crippen LogP contribution in [-0.2, 0) is 65.4 Å². The first-order chi connectivity index (χ1) is 46.6. The van der Waals surface area contributed by atoms with E-state index in [4.69, 9.17) is 37.0 Å². The lowest BCUT2D eigenvalue weighted by Crippen LogP contribution is -2.30. The minimum atomic E-state index is -4.96. The third-order valence-electron chi connectivity index (χ3n) is 18.4. The maximum atomic E-state index is 13.1. The van der Waals surface area contributed by atoms with Gasteiger partial charge in [0.1, 0.15) is 19.3 Å². The summed E-state index contributed by atoms with van der Waals surface area (Å²) in [5.41, 5.74) is 0. The van der Waals surface area contributed by atoms with Crippen molar-refractivity contribution in [3.05, 3.63) is 0 Å². The van der Waals surface area contributed by atoms with Crippen LogP contribution in [0.25, 0.3) is 0 Å².